The number of carbonyl (C=O) groups excluding carboxylic acids is 1. The predicted octanol–water partition coefficient (Wildman–Crippen LogP) is 3.23. The van der Waals surface area contributed by atoms with Gasteiger partial charge in [-0.25, -0.2) is 0 Å². The van der Waals surface area contributed by atoms with E-state index in [1.165, 1.54) is 16.9 Å². The number of hydrogen-bond donors (Lipinski definition) is 1. The van der Waals surface area contributed by atoms with E-state index in [1.54, 1.807) is 0 Å². The van der Waals surface area contributed by atoms with Crippen LogP contribution in [-0.4, -0.2) is 16.1 Å². The summed E-state index contributed by atoms with van der Waals surface area (Å²) in [4.78, 5) is 11.3. The number of anilines is 1. The van der Waals surface area contributed by atoms with Crippen molar-refractivity contribution in [1.82, 2.24) is 10.2 Å². The second kappa shape index (κ2) is 6.43. The van der Waals surface area contributed by atoms with Gasteiger partial charge in [0.2, 0.25) is 11.0 Å². The zero-order chi connectivity index (χ0) is 13.7. The van der Waals surface area contributed by atoms with Crippen LogP contribution >= 0.6 is 11.3 Å². The maximum Gasteiger partial charge on any atom is 0.225 e. The summed E-state index contributed by atoms with van der Waals surface area (Å²) in [5.41, 5.74) is 1.29. The minimum Gasteiger partial charge on any atom is -0.301 e. The minimum atomic E-state index is -0.0289. The molecule has 1 aromatic carbocycles. The van der Waals surface area contributed by atoms with Gasteiger partial charge in [-0.1, -0.05) is 55.5 Å². The van der Waals surface area contributed by atoms with Crippen LogP contribution in [0.3, 0.4) is 0 Å². The Morgan fingerprint density at radius 1 is 1.32 bits per heavy atom. The highest BCUT2D eigenvalue weighted by atomic mass is 32.1. The molecule has 1 aromatic heterocycles. The quantitative estimate of drug-likeness (QED) is 0.911. The van der Waals surface area contributed by atoms with E-state index in [9.17, 15) is 4.79 Å². The van der Waals surface area contributed by atoms with Crippen LogP contribution in [0, 0.1) is 0 Å². The summed E-state index contributed by atoms with van der Waals surface area (Å²) < 4.78 is 0. The molecule has 4 nitrogen and oxygen atoms in total. The van der Waals surface area contributed by atoms with Crippen molar-refractivity contribution in [3.05, 3.63) is 40.9 Å². The van der Waals surface area contributed by atoms with Crippen molar-refractivity contribution in [2.24, 2.45) is 0 Å². The fourth-order valence-electron chi connectivity index (χ4n) is 1.76. The van der Waals surface area contributed by atoms with Gasteiger partial charge in [0.1, 0.15) is 5.01 Å². The Labute approximate surface area is 116 Å². The lowest BCUT2D eigenvalue weighted by atomic mass is 9.98. The topological polar surface area (TPSA) is 54.9 Å². The number of nitrogens with zero attached hydrogens (tertiary/aromatic N) is 2. The lowest BCUT2D eigenvalue weighted by Crippen LogP contribution is -2.08. The van der Waals surface area contributed by atoms with Crippen molar-refractivity contribution in [3.63, 3.8) is 0 Å². The maximum atomic E-state index is 11.3. The van der Waals surface area contributed by atoms with Gasteiger partial charge in [0.25, 0.3) is 0 Å². The molecule has 100 valence electrons. The first kappa shape index (κ1) is 13.7. The van der Waals surface area contributed by atoms with Gasteiger partial charge in [-0.2, -0.15) is 0 Å². The largest absolute Gasteiger partial charge is 0.301 e. The van der Waals surface area contributed by atoms with Gasteiger partial charge >= 0.3 is 0 Å². The third-order valence-electron chi connectivity index (χ3n) is 2.88. The second-order valence-electron chi connectivity index (χ2n) is 4.42. The molecule has 0 radical (unpaired) electrons. The third-order valence-corrected chi connectivity index (χ3v) is 3.74. The van der Waals surface area contributed by atoms with Crippen molar-refractivity contribution in [1.29, 1.82) is 0 Å². The zero-order valence-corrected chi connectivity index (χ0v) is 11.9. The molecule has 5 heteroatoms. The van der Waals surface area contributed by atoms with E-state index in [0.717, 1.165) is 11.4 Å². The molecule has 0 aliphatic heterocycles. The Kier molecular flexibility index (Phi) is 4.63. The van der Waals surface area contributed by atoms with E-state index >= 15 is 0 Å². The van der Waals surface area contributed by atoms with Gasteiger partial charge < -0.3 is 5.32 Å². The summed E-state index contributed by atoms with van der Waals surface area (Å²) in [6, 6.07) is 10.3. The molecule has 0 aliphatic carbocycles. The average Bonchev–Trinajstić information content (AvgIpc) is 2.86. The fraction of sp³-hybridized carbons (Fsp3) is 0.357. The normalized spacial score (nSPS) is 12.1. The summed E-state index contributed by atoms with van der Waals surface area (Å²) in [7, 11) is 0. The Balaban J connectivity index is 1.98. The van der Waals surface area contributed by atoms with Crippen molar-refractivity contribution in [2.45, 2.75) is 32.6 Å². The van der Waals surface area contributed by atoms with Gasteiger partial charge in [-0.05, 0) is 11.5 Å². The van der Waals surface area contributed by atoms with Gasteiger partial charge in [0.15, 0.2) is 0 Å². The molecule has 0 saturated carbocycles. The van der Waals surface area contributed by atoms with Crippen LogP contribution in [0.2, 0.25) is 0 Å². The first-order valence-electron chi connectivity index (χ1n) is 6.36. The van der Waals surface area contributed by atoms with Crippen LogP contribution in [0.4, 0.5) is 5.13 Å². The lowest BCUT2D eigenvalue weighted by molar-refractivity contribution is -0.115. The highest BCUT2D eigenvalue weighted by Crippen LogP contribution is 2.23. The number of rotatable bonds is 5. The third kappa shape index (κ3) is 3.86. The molecule has 2 rings (SSSR count). The van der Waals surface area contributed by atoms with Crippen LogP contribution in [0.1, 0.15) is 36.8 Å². The molecular weight excluding hydrogens is 258 g/mol. The van der Waals surface area contributed by atoms with Crippen molar-refractivity contribution in [3.8, 4) is 0 Å². The van der Waals surface area contributed by atoms with Crippen molar-refractivity contribution >= 4 is 22.4 Å². The number of amides is 1. The molecule has 1 atom stereocenters. The van der Waals surface area contributed by atoms with Gasteiger partial charge in [-0.15, -0.1) is 10.2 Å². The van der Waals surface area contributed by atoms with Gasteiger partial charge in [0, 0.05) is 12.8 Å². The van der Waals surface area contributed by atoms with E-state index in [4.69, 9.17) is 0 Å². The monoisotopic (exact) mass is 275 g/mol. The highest BCUT2D eigenvalue weighted by Gasteiger charge is 2.11. The molecule has 19 heavy (non-hydrogen) atoms. The SMILES string of the molecule is CCC(=O)Nc1nnc(CC(C)c2ccccc2)s1. The van der Waals surface area contributed by atoms with Crippen LogP contribution in [0.5, 0.6) is 0 Å². The smallest absolute Gasteiger partial charge is 0.225 e. The average molecular weight is 275 g/mol. The second-order valence-corrected chi connectivity index (χ2v) is 5.48. The summed E-state index contributed by atoms with van der Waals surface area (Å²) in [6.45, 7) is 3.98. The molecule has 0 spiro atoms. The van der Waals surface area contributed by atoms with Crippen LogP contribution < -0.4 is 5.32 Å². The first-order valence-corrected chi connectivity index (χ1v) is 7.18. The molecule has 2 aromatic rings. The van der Waals surface area contributed by atoms with Crippen molar-refractivity contribution in [2.75, 3.05) is 5.32 Å². The van der Waals surface area contributed by atoms with Gasteiger partial charge in [0.05, 0.1) is 0 Å². The van der Waals surface area contributed by atoms with Crippen LogP contribution in [0.25, 0.3) is 0 Å². The predicted molar refractivity (Wildman–Crippen MR) is 77.4 cm³/mol. The van der Waals surface area contributed by atoms with Crippen LogP contribution in [0.15, 0.2) is 30.3 Å². The maximum absolute atomic E-state index is 11.3. The summed E-state index contributed by atoms with van der Waals surface area (Å²) in [5.74, 6) is 0.364. The molecule has 0 fully saturated rings. The summed E-state index contributed by atoms with van der Waals surface area (Å²) >= 11 is 1.45. The number of hydrogen-bond acceptors (Lipinski definition) is 4. The standard InChI is InChI=1S/C14H17N3OS/c1-3-12(18)15-14-17-16-13(19-14)9-10(2)11-7-5-4-6-8-11/h4-8,10H,3,9H2,1-2H3,(H,15,17,18). The molecule has 1 N–H and O–H groups in total. The van der Waals surface area contributed by atoms with E-state index in [2.05, 4.69) is 34.6 Å². The van der Waals surface area contributed by atoms with Crippen LogP contribution in [-0.2, 0) is 11.2 Å². The Morgan fingerprint density at radius 3 is 2.74 bits per heavy atom. The molecule has 0 aliphatic rings. The minimum absolute atomic E-state index is 0.0289. The zero-order valence-electron chi connectivity index (χ0n) is 11.1. The molecule has 0 bridgehead atoms. The fourth-order valence-corrected chi connectivity index (χ4v) is 2.64. The Bertz CT molecular complexity index is 539. The number of benzene rings is 1. The molecule has 1 unspecified atom stereocenters. The van der Waals surface area contributed by atoms with Crippen molar-refractivity contribution < 1.29 is 4.79 Å². The highest BCUT2D eigenvalue weighted by molar-refractivity contribution is 7.15. The molecule has 0 saturated heterocycles. The van der Waals surface area contributed by atoms with E-state index < -0.39 is 0 Å². The van der Waals surface area contributed by atoms with E-state index in [0.29, 0.717) is 17.5 Å². The molecular formula is C14H17N3OS. The van der Waals surface area contributed by atoms with Gasteiger partial charge in [-0.3, -0.25) is 4.79 Å². The van der Waals surface area contributed by atoms with E-state index in [1.807, 2.05) is 25.1 Å². The van der Waals surface area contributed by atoms with E-state index in [-0.39, 0.29) is 5.91 Å². The lowest BCUT2D eigenvalue weighted by Gasteiger charge is -2.08. The number of nitrogens with one attached hydrogen (secondary N) is 1. The Hall–Kier alpha value is -1.75. The molecule has 1 heterocycles. The number of carbonyl (C=O) groups is 1. The summed E-state index contributed by atoms with van der Waals surface area (Å²) in [6.07, 6.45) is 1.29. The first-order chi connectivity index (χ1) is 9.19. The molecule has 1 amide bonds. The summed E-state index contributed by atoms with van der Waals surface area (Å²) in [5, 5.41) is 12.4. The number of aromatic nitrogens is 2. The Morgan fingerprint density at radius 2 is 2.05 bits per heavy atom.